The third-order valence-corrected chi connectivity index (χ3v) is 6.10. The molecule has 0 fully saturated rings. The molecular weight excluding hydrogens is 436 g/mol. The van der Waals surface area contributed by atoms with Crippen LogP contribution in [0.4, 0.5) is 5.69 Å². The van der Waals surface area contributed by atoms with E-state index in [2.05, 4.69) is 27.4 Å². The van der Waals surface area contributed by atoms with Crippen LogP contribution in [-0.4, -0.2) is 33.2 Å². The fourth-order valence-electron chi connectivity index (χ4n) is 3.28. The van der Waals surface area contributed by atoms with E-state index in [1.54, 1.807) is 23.9 Å². The maximum atomic E-state index is 10.1. The van der Waals surface area contributed by atoms with Crippen molar-refractivity contribution < 1.29 is 14.6 Å². The number of aromatic hydroxyl groups is 1. The van der Waals surface area contributed by atoms with Crippen LogP contribution in [0.15, 0.2) is 41.6 Å². The van der Waals surface area contributed by atoms with Crippen molar-refractivity contribution in [2.45, 2.75) is 37.6 Å². The number of halogens is 1. The molecule has 1 aliphatic rings. The van der Waals surface area contributed by atoms with Crippen molar-refractivity contribution in [1.82, 2.24) is 15.2 Å². The fraction of sp³-hybridized carbons (Fsp3) is 0.318. The Morgan fingerprint density at radius 3 is 2.87 bits per heavy atom. The zero-order chi connectivity index (χ0) is 21.8. The number of phenolic OH excluding ortho intramolecular Hbond substituents is 1. The summed E-state index contributed by atoms with van der Waals surface area (Å²) in [5.74, 6) is 1.46. The van der Waals surface area contributed by atoms with E-state index in [0.29, 0.717) is 22.3 Å². The highest BCUT2D eigenvalue weighted by molar-refractivity contribution is 7.99. The van der Waals surface area contributed by atoms with Crippen molar-refractivity contribution in [3.63, 3.8) is 0 Å². The third-order valence-electron chi connectivity index (χ3n) is 4.89. The van der Waals surface area contributed by atoms with Crippen LogP contribution < -0.4 is 14.8 Å². The Bertz CT molecular complexity index is 1080. The van der Waals surface area contributed by atoms with Crippen LogP contribution >= 0.6 is 23.4 Å². The number of aromatic nitrogens is 3. The number of ether oxygens (including phenoxy) is 2. The summed E-state index contributed by atoms with van der Waals surface area (Å²) in [6.07, 6.45) is 2.81. The standard InChI is InChI=1S/C22H23ClN4O3S/c1-3-4-7-10-31-22-25-21-18(26-27-22)14-8-5-6-9-16(14)24-20(30-21)13-11-15(23)19(28)17(12-13)29-2/h5-6,8-9,11-12,20,24,28H,3-4,7,10H2,1-2H3. The molecule has 1 atom stereocenters. The molecule has 0 saturated carbocycles. The Morgan fingerprint density at radius 2 is 2.06 bits per heavy atom. The first kappa shape index (κ1) is 21.5. The van der Waals surface area contributed by atoms with Gasteiger partial charge in [0, 0.05) is 22.6 Å². The van der Waals surface area contributed by atoms with Gasteiger partial charge in [0.2, 0.25) is 11.0 Å². The molecular formula is C22H23ClN4O3S. The zero-order valence-electron chi connectivity index (χ0n) is 17.3. The van der Waals surface area contributed by atoms with Gasteiger partial charge in [0.1, 0.15) is 0 Å². The van der Waals surface area contributed by atoms with Gasteiger partial charge < -0.3 is 19.9 Å². The molecule has 4 rings (SSSR count). The molecule has 0 aliphatic carbocycles. The lowest BCUT2D eigenvalue weighted by Crippen LogP contribution is -2.17. The van der Waals surface area contributed by atoms with Gasteiger partial charge >= 0.3 is 0 Å². The van der Waals surface area contributed by atoms with Crippen molar-refractivity contribution in [3.05, 3.63) is 47.0 Å². The minimum absolute atomic E-state index is 0.114. The Labute approximate surface area is 190 Å². The zero-order valence-corrected chi connectivity index (χ0v) is 18.8. The summed E-state index contributed by atoms with van der Waals surface area (Å²) < 4.78 is 11.5. The quantitative estimate of drug-likeness (QED) is 0.344. The molecule has 1 aromatic heterocycles. The minimum atomic E-state index is -0.621. The molecule has 0 radical (unpaired) electrons. The van der Waals surface area contributed by atoms with Crippen LogP contribution in [0.5, 0.6) is 17.4 Å². The van der Waals surface area contributed by atoms with Gasteiger partial charge in [0.15, 0.2) is 23.4 Å². The van der Waals surface area contributed by atoms with E-state index in [4.69, 9.17) is 21.1 Å². The van der Waals surface area contributed by atoms with Crippen molar-refractivity contribution >= 4 is 29.1 Å². The van der Waals surface area contributed by atoms with Crippen molar-refractivity contribution in [3.8, 4) is 28.6 Å². The SMILES string of the molecule is CCCCCSc1nnc2c(n1)OC(c1cc(Cl)c(O)c(OC)c1)Nc1ccccc1-2. The van der Waals surface area contributed by atoms with E-state index in [-0.39, 0.29) is 16.5 Å². The summed E-state index contributed by atoms with van der Waals surface area (Å²) in [7, 11) is 1.47. The first-order valence-electron chi connectivity index (χ1n) is 10.1. The predicted octanol–water partition coefficient (Wildman–Crippen LogP) is 5.69. The number of anilines is 1. The summed E-state index contributed by atoms with van der Waals surface area (Å²) >= 11 is 7.78. The second kappa shape index (κ2) is 9.62. The average Bonchev–Trinajstić information content (AvgIpc) is 2.95. The first-order chi connectivity index (χ1) is 15.1. The Hall–Kier alpha value is -2.71. The van der Waals surface area contributed by atoms with E-state index in [9.17, 15) is 5.11 Å². The normalized spacial score (nSPS) is 14.6. The van der Waals surface area contributed by atoms with Crippen LogP contribution in [0.2, 0.25) is 5.02 Å². The van der Waals surface area contributed by atoms with E-state index in [1.165, 1.54) is 13.5 Å². The fourth-order valence-corrected chi connectivity index (χ4v) is 4.27. The van der Waals surface area contributed by atoms with Crippen LogP contribution in [-0.2, 0) is 0 Å². The van der Waals surface area contributed by atoms with E-state index < -0.39 is 6.23 Å². The second-order valence-corrected chi connectivity index (χ2v) is 8.51. The molecule has 0 bridgehead atoms. The van der Waals surface area contributed by atoms with Gasteiger partial charge in [-0.3, -0.25) is 0 Å². The van der Waals surface area contributed by atoms with Gasteiger partial charge in [-0.05, 0) is 24.6 Å². The van der Waals surface area contributed by atoms with Crippen molar-refractivity contribution in [2.24, 2.45) is 0 Å². The summed E-state index contributed by atoms with van der Waals surface area (Å²) in [6.45, 7) is 2.17. The molecule has 1 aliphatic heterocycles. The first-order valence-corrected chi connectivity index (χ1v) is 11.4. The number of hydrogen-bond donors (Lipinski definition) is 2. The van der Waals surface area contributed by atoms with Gasteiger partial charge in [0.25, 0.3) is 0 Å². The van der Waals surface area contributed by atoms with E-state index in [1.807, 2.05) is 24.3 Å². The lowest BCUT2D eigenvalue weighted by Gasteiger charge is -2.20. The molecule has 0 amide bonds. The number of phenols is 1. The number of rotatable bonds is 7. The monoisotopic (exact) mass is 458 g/mol. The highest BCUT2D eigenvalue weighted by atomic mass is 35.5. The number of hydrogen-bond acceptors (Lipinski definition) is 8. The van der Waals surface area contributed by atoms with Crippen molar-refractivity contribution in [1.29, 1.82) is 0 Å². The van der Waals surface area contributed by atoms with Crippen LogP contribution in [0.3, 0.4) is 0 Å². The molecule has 3 aromatic rings. The summed E-state index contributed by atoms with van der Waals surface area (Å²) in [5, 5.41) is 22.9. The summed E-state index contributed by atoms with van der Waals surface area (Å²) in [4.78, 5) is 4.64. The van der Waals surface area contributed by atoms with E-state index in [0.717, 1.165) is 29.8 Å². The highest BCUT2D eigenvalue weighted by Crippen LogP contribution is 2.42. The third kappa shape index (κ3) is 4.65. The number of thioether (sulfide) groups is 1. The second-order valence-electron chi connectivity index (χ2n) is 7.05. The van der Waals surface area contributed by atoms with E-state index >= 15 is 0 Å². The lowest BCUT2D eigenvalue weighted by atomic mass is 10.1. The lowest BCUT2D eigenvalue weighted by molar-refractivity contribution is 0.224. The number of benzene rings is 2. The Morgan fingerprint density at radius 1 is 1.23 bits per heavy atom. The number of nitrogens with zero attached hydrogens (tertiary/aromatic N) is 3. The van der Waals surface area contributed by atoms with Crippen molar-refractivity contribution in [2.75, 3.05) is 18.2 Å². The Balaban J connectivity index is 1.72. The molecule has 9 heteroatoms. The number of para-hydroxylation sites is 1. The smallest absolute Gasteiger partial charge is 0.247 e. The largest absolute Gasteiger partial charge is 0.503 e. The summed E-state index contributed by atoms with van der Waals surface area (Å²) in [6, 6.07) is 11.1. The molecule has 31 heavy (non-hydrogen) atoms. The molecule has 162 valence electrons. The number of nitrogens with one attached hydrogen (secondary N) is 1. The van der Waals surface area contributed by atoms with Gasteiger partial charge in [-0.25, -0.2) is 0 Å². The molecule has 2 aromatic carbocycles. The van der Waals surface area contributed by atoms with Crippen LogP contribution in [0.1, 0.15) is 38.0 Å². The number of fused-ring (bicyclic) bond motifs is 3. The molecule has 2 heterocycles. The minimum Gasteiger partial charge on any atom is -0.503 e. The molecule has 7 nitrogen and oxygen atoms in total. The summed E-state index contributed by atoms with van der Waals surface area (Å²) in [5.41, 5.74) is 2.92. The maximum absolute atomic E-state index is 10.1. The maximum Gasteiger partial charge on any atom is 0.247 e. The van der Waals surface area contributed by atoms with Gasteiger partial charge in [-0.2, -0.15) is 4.98 Å². The molecule has 0 saturated heterocycles. The van der Waals surface area contributed by atoms with Crippen LogP contribution in [0.25, 0.3) is 11.3 Å². The topological polar surface area (TPSA) is 89.4 Å². The molecule has 2 N–H and O–H groups in total. The van der Waals surface area contributed by atoms with Crippen LogP contribution in [0, 0.1) is 0 Å². The van der Waals surface area contributed by atoms with Gasteiger partial charge in [0.05, 0.1) is 12.1 Å². The Kier molecular flexibility index (Phi) is 6.67. The number of methoxy groups -OCH3 is 1. The highest BCUT2D eigenvalue weighted by Gasteiger charge is 2.27. The number of unbranched alkanes of at least 4 members (excludes halogenated alkanes) is 2. The predicted molar refractivity (Wildman–Crippen MR) is 122 cm³/mol. The average molecular weight is 459 g/mol. The van der Waals surface area contributed by atoms with Gasteiger partial charge in [-0.1, -0.05) is 61.3 Å². The molecule has 1 unspecified atom stereocenters. The molecule has 0 spiro atoms. The van der Waals surface area contributed by atoms with Gasteiger partial charge in [-0.15, -0.1) is 10.2 Å².